The number of hydrogen-bond donors (Lipinski definition) is 0. The molecule has 0 amide bonds. The van der Waals surface area contributed by atoms with E-state index in [0.717, 1.165) is 19.4 Å². The monoisotopic (exact) mass is 224 g/mol. The van der Waals surface area contributed by atoms with Gasteiger partial charge in [0.05, 0.1) is 6.61 Å². The van der Waals surface area contributed by atoms with Gasteiger partial charge in [0.25, 0.3) is 0 Å². The molecule has 0 spiro atoms. The molecular formula is C13H17ClO. The molecule has 0 aliphatic carbocycles. The molecule has 0 aliphatic rings. The molecule has 1 aromatic carbocycles. The van der Waals surface area contributed by atoms with E-state index in [2.05, 4.69) is 24.3 Å². The minimum Gasteiger partial charge on any atom is -0.377 e. The summed E-state index contributed by atoms with van der Waals surface area (Å²) >= 11 is 5.48. The average molecular weight is 225 g/mol. The molecule has 0 aliphatic heterocycles. The van der Waals surface area contributed by atoms with Gasteiger partial charge in [0.1, 0.15) is 0 Å². The smallest absolute Gasteiger partial charge is 0.0647 e. The Kier molecular flexibility index (Phi) is 6.97. The van der Waals surface area contributed by atoms with Crippen molar-refractivity contribution in [2.24, 2.45) is 0 Å². The summed E-state index contributed by atoms with van der Waals surface area (Å²) in [6, 6.07) is 10.5. The van der Waals surface area contributed by atoms with Gasteiger partial charge in [-0.3, -0.25) is 0 Å². The standard InChI is InChI=1S/C13H17ClO/c14-10-4-5-11-15-12-6-9-13-7-2-1-3-8-13/h1-5,7-8H,6,9-12H2. The highest BCUT2D eigenvalue weighted by atomic mass is 35.5. The Labute approximate surface area is 96.7 Å². The van der Waals surface area contributed by atoms with Crippen molar-refractivity contribution in [1.82, 2.24) is 0 Å². The molecule has 0 aromatic heterocycles. The van der Waals surface area contributed by atoms with E-state index in [0.29, 0.717) is 12.5 Å². The van der Waals surface area contributed by atoms with E-state index in [-0.39, 0.29) is 0 Å². The van der Waals surface area contributed by atoms with Gasteiger partial charge in [0.2, 0.25) is 0 Å². The van der Waals surface area contributed by atoms with E-state index < -0.39 is 0 Å². The highest BCUT2D eigenvalue weighted by molar-refractivity contribution is 6.18. The largest absolute Gasteiger partial charge is 0.377 e. The molecule has 0 heterocycles. The van der Waals surface area contributed by atoms with Gasteiger partial charge in [0, 0.05) is 12.5 Å². The molecule has 1 nitrogen and oxygen atoms in total. The van der Waals surface area contributed by atoms with Crippen molar-refractivity contribution in [3.05, 3.63) is 48.0 Å². The zero-order valence-electron chi connectivity index (χ0n) is 8.86. The van der Waals surface area contributed by atoms with Crippen molar-refractivity contribution in [3.8, 4) is 0 Å². The lowest BCUT2D eigenvalue weighted by Crippen LogP contribution is -1.96. The minimum absolute atomic E-state index is 0.563. The molecule has 0 N–H and O–H groups in total. The predicted octanol–water partition coefficient (Wildman–Crippen LogP) is 3.43. The quantitative estimate of drug-likeness (QED) is 0.392. The van der Waals surface area contributed by atoms with Gasteiger partial charge in [-0.25, -0.2) is 0 Å². The van der Waals surface area contributed by atoms with E-state index in [1.165, 1.54) is 5.56 Å². The molecule has 0 unspecified atom stereocenters. The summed E-state index contributed by atoms with van der Waals surface area (Å²) in [5, 5.41) is 0. The summed E-state index contributed by atoms with van der Waals surface area (Å²) in [4.78, 5) is 0. The van der Waals surface area contributed by atoms with Gasteiger partial charge in [-0.1, -0.05) is 42.5 Å². The van der Waals surface area contributed by atoms with Crippen molar-refractivity contribution >= 4 is 11.6 Å². The van der Waals surface area contributed by atoms with E-state index in [9.17, 15) is 0 Å². The number of halogens is 1. The molecule has 82 valence electrons. The van der Waals surface area contributed by atoms with Gasteiger partial charge in [-0.05, 0) is 18.4 Å². The SMILES string of the molecule is ClCC=CCOCCCc1ccccc1. The molecule has 0 bridgehead atoms. The lowest BCUT2D eigenvalue weighted by atomic mass is 10.1. The zero-order valence-corrected chi connectivity index (χ0v) is 9.62. The fourth-order valence-corrected chi connectivity index (χ4v) is 1.43. The van der Waals surface area contributed by atoms with Gasteiger partial charge in [0.15, 0.2) is 0 Å². The summed E-state index contributed by atoms with van der Waals surface area (Å²) in [7, 11) is 0. The van der Waals surface area contributed by atoms with Crippen LogP contribution < -0.4 is 0 Å². The highest BCUT2D eigenvalue weighted by Crippen LogP contribution is 2.02. The number of allylic oxidation sites excluding steroid dienone is 1. The molecule has 2 heteroatoms. The number of ether oxygens (including phenoxy) is 1. The van der Waals surface area contributed by atoms with Crippen molar-refractivity contribution < 1.29 is 4.74 Å². The molecule has 15 heavy (non-hydrogen) atoms. The number of alkyl halides is 1. The van der Waals surface area contributed by atoms with Gasteiger partial charge in [-0.15, -0.1) is 11.6 Å². The zero-order chi connectivity index (χ0) is 10.8. The van der Waals surface area contributed by atoms with Crippen LogP contribution in [0.1, 0.15) is 12.0 Å². The normalized spacial score (nSPS) is 11.0. The Bertz CT molecular complexity index is 269. The maximum absolute atomic E-state index is 5.48. The second-order valence-corrected chi connectivity index (χ2v) is 3.60. The molecule has 1 aromatic rings. The van der Waals surface area contributed by atoms with Crippen LogP contribution in [0.4, 0.5) is 0 Å². The van der Waals surface area contributed by atoms with Crippen molar-refractivity contribution in [3.63, 3.8) is 0 Å². The van der Waals surface area contributed by atoms with Crippen LogP contribution >= 0.6 is 11.6 Å². The van der Waals surface area contributed by atoms with Crippen LogP contribution in [0, 0.1) is 0 Å². The first-order chi connectivity index (χ1) is 7.43. The molecule has 0 radical (unpaired) electrons. The van der Waals surface area contributed by atoms with E-state index in [1.807, 2.05) is 18.2 Å². The summed E-state index contributed by atoms with van der Waals surface area (Å²) < 4.78 is 5.41. The molecule has 1 rings (SSSR count). The number of aryl methyl sites for hydroxylation is 1. The Morgan fingerprint density at radius 3 is 2.67 bits per heavy atom. The van der Waals surface area contributed by atoms with Gasteiger partial charge in [-0.2, -0.15) is 0 Å². The Hall–Kier alpha value is -0.790. The Balaban J connectivity index is 2.00. The van der Waals surface area contributed by atoms with E-state index in [1.54, 1.807) is 0 Å². The molecule has 0 fully saturated rings. The summed E-state index contributed by atoms with van der Waals surface area (Å²) in [6.07, 6.45) is 6.01. The van der Waals surface area contributed by atoms with Crippen molar-refractivity contribution in [2.75, 3.05) is 19.1 Å². The van der Waals surface area contributed by atoms with E-state index >= 15 is 0 Å². The molecular weight excluding hydrogens is 208 g/mol. The summed E-state index contributed by atoms with van der Waals surface area (Å²) in [5.41, 5.74) is 1.37. The minimum atomic E-state index is 0.563. The number of benzene rings is 1. The van der Waals surface area contributed by atoms with Crippen LogP contribution in [0.5, 0.6) is 0 Å². The van der Waals surface area contributed by atoms with E-state index in [4.69, 9.17) is 16.3 Å². The van der Waals surface area contributed by atoms with Gasteiger partial charge >= 0.3 is 0 Å². The summed E-state index contributed by atoms with van der Waals surface area (Å²) in [6.45, 7) is 1.48. The second-order valence-electron chi connectivity index (χ2n) is 3.29. The van der Waals surface area contributed by atoms with Crippen LogP contribution in [-0.4, -0.2) is 19.1 Å². The van der Waals surface area contributed by atoms with Crippen LogP contribution in [0.25, 0.3) is 0 Å². The maximum atomic E-state index is 5.48. The van der Waals surface area contributed by atoms with Crippen molar-refractivity contribution in [2.45, 2.75) is 12.8 Å². The summed E-state index contributed by atoms with van der Waals surface area (Å²) in [5.74, 6) is 0.563. The lowest BCUT2D eigenvalue weighted by Gasteiger charge is -2.01. The fraction of sp³-hybridized carbons (Fsp3) is 0.385. The third-order valence-corrected chi connectivity index (χ3v) is 2.24. The second kappa shape index (κ2) is 8.51. The topological polar surface area (TPSA) is 9.23 Å². The highest BCUT2D eigenvalue weighted by Gasteiger charge is 1.91. The van der Waals surface area contributed by atoms with Crippen LogP contribution in [0.15, 0.2) is 42.5 Å². The fourth-order valence-electron chi connectivity index (χ4n) is 1.31. The first-order valence-corrected chi connectivity index (χ1v) is 5.79. The number of rotatable bonds is 7. The first-order valence-electron chi connectivity index (χ1n) is 5.26. The van der Waals surface area contributed by atoms with Crippen LogP contribution in [-0.2, 0) is 11.2 Å². The molecule has 0 saturated carbocycles. The van der Waals surface area contributed by atoms with Crippen LogP contribution in [0.2, 0.25) is 0 Å². The lowest BCUT2D eigenvalue weighted by molar-refractivity contribution is 0.159. The Morgan fingerprint density at radius 1 is 1.13 bits per heavy atom. The van der Waals surface area contributed by atoms with Crippen molar-refractivity contribution in [1.29, 1.82) is 0 Å². The molecule has 0 atom stereocenters. The maximum Gasteiger partial charge on any atom is 0.0647 e. The third kappa shape index (κ3) is 6.32. The Morgan fingerprint density at radius 2 is 1.93 bits per heavy atom. The predicted molar refractivity (Wildman–Crippen MR) is 65.4 cm³/mol. The molecule has 0 saturated heterocycles. The third-order valence-electron chi connectivity index (χ3n) is 2.07. The number of hydrogen-bond acceptors (Lipinski definition) is 1. The van der Waals surface area contributed by atoms with Gasteiger partial charge < -0.3 is 4.74 Å². The average Bonchev–Trinajstić information content (AvgIpc) is 2.29. The van der Waals surface area contributed by atoms with Crippen LogP contribution in [0.3, 0.4) is 0 Å². The first kappa shape index (κ1) is 12.3.